The molecule has 0 heterocycles. The van der Waals surface area contributed by atoms with Crippen LogP contribution in [0.5, 0.6) is 11.5 Å². The van der Waals surface area contributed by atoms with Crippen molar-refractivity contribution in [3.8, 4) is 11.5 Å². The molecule has 0 aromatic heterocycles. The zero-order valence-electron chi connectivity index (χ0n) is 10.5. The van der Waals surface area contributed by atoms with Gasteiger partial charge in [0.25, 0.3) is 0 Å². The van der Waals surface area contributed by atoms with Crippen molar-refractivity contribution in [2.24, 2.45) is 5.92 Å². The number of nitrogens with two attached hydrogens (primary N) is 1. The van der Waals surface area contributed by atoms with Crippen LogP contribution in [0.4, 0.5) is 14.5 Å². The minimum Gasteiger partial charge on any atom is -0.496 e. The highest BCUT2D eigenvalue weighted by atomic mass is 19.3. The number of ether oxygens (including phenoxy) is 2. The molecule has 2 N–H and O–H groups in total. The molecule has 1 aromatic rings. The van der Waals surface area contributed by atoms with E-state index in [0.717, 1.165) is 12.8 Å². The molecule has 1 fully saturated rings. The summed E-state index contributed by atoms with van der Waals surface area (Å²) in [6.45, 7) is -3.01. The van der Waals surface area contributed by atoms with Crippen molar-refractivity contribution in [1.29, 1.82) is 0 Å². The van der Waals surface area contributed by atoms with Gasteiger partial charge in [0.15, 0.2) is 5.78 Å². The van der Waals surface area contributed by atoms with Crippen LogP contribution in [0.15, 0.2) is 12.1 Å². The standard InChI is InChI=1S/C13H15F2NO3/c1-18-10-5-8(16)6-11(19-13(14)15)12(10)9(17)4-7-2-3-7/h5-7,13H,2-4,16H2,1H3. The Kier molecular flexibility index (Phi) is 3.87. The Morgan fingerprint density at radius 1 is 1.42 bits per heavy atom. The number of carbonyl (C=O) groups is 1. The fraction of sp³-hybridized carbons (Fsp3) is 0.462. The lowest BCUT2D eigenvalue weighted by Crippen LogP contribution is -2.11. The van der Waals surface area contributed by atoms with Crippen LogP contribution in [0.3, 0.4) is 0 Å². The molecule has 0 amide bonds. The van der Waals surface area contributed by atoms with E-state index in [1.54, 1.807) is 0 Å². The smallest absolute Gasteiger partial charge is 0.387 e. The van der Waals surface area contributed by atoms with E-state index in [4.69, 9.17) is 10.5 Å². The maximum Gasteiger partial charge on any atom is 0.387 e. The molecule has 0 aliphatic heterocycles. The lowest BCUT2D eigenvalue weighted by molar-refractivity contribution is -0.0502. The van der Waals surface area contributed by atoms with E-state index < -0.39 is 6.61 Å². The first-order valence-electron chi connectivity index (χ1n) is 5.96. The molecular weight excluding hydrogens is 256 g/mol. The molecule has 0 bridgehead atoms. The number of ketones is 1. The summed E-state index contributed by atoms with van der Waals surface area (Å²) < 4.78 is 34.2. The van der Waals surface area contributed by atoms with Crippen LogP contribution in [0, 0.1) is 5.92 Å². The van der Waals surface area contributed by atoms with Crippen molar-refractivity contribution in [3.63, 3.8) is 0 Å². The predicted octanol–water partition coefficient (Wildman–Crippen LogP) is 2.86. The van der Waals surface area contributed by atoms with Gasteiger partial charge in [0.1, 0.15) is 17.1 Å². The van der Waals surface area contributed by atoms with Gasteiger partial charge in [-0.25, -0.2) is 0 Å². The summed E-state index contributed by atoms with van der Waals surface area (Å²) in [5, 5.41) is 0. The van der Waals surface area contributed by atoms with Gasteiger partial charge in [-0.15, -0.1) is 0 Å². The molecule has 4 nitrogen and oxygen atoms in total. The van der Waals surface area contributed by atoms with Crippen LogP contribution in [0.2, 0.25) is 0 Å². The van der Waals surface area contributed by atoms with E-state index >= 15 is 0 Å². The Labute approximate surface area is 109 Å². The number of Topliss-reactive ketones (excluding diaryl/α,β-unsaturated/α-hetero) is 1. The molecule has 1 saturated carbocycles. The molecule has 1 aliphatic rings. The van der Waals surface area contributed by atoms with Gasteiger partial charge in [0, 0.05) is 24.2 Å². The third kappa shape index (κ3) is 3.33. The lowest BCUT2D eigenvalue weighted by atomic mass is 10.0. The van der Waals surface area contributed by atoms with Crippen LogP contribution >= 0.6 is 0 Å². The molecule has 0 unspecified atom stereocenters. The molecule has 0 saturated heterocycles. The molecule has 2 rings (SSSR count). The van der Waals surface area contributed by atoms with Gasteiger partial charge >= 0.3 is 6.61 Å². The molecule has 104 valence electrons. The van der Waals surface area contributed by atoms with E-state index in [2.05, 4.69) is 4.74 Å². The molecule has 1 aromatic carbocycles. The van der Waals surface area contributed by atoms with Gasteiger partial charge in [-0.3, -0.25) is 4.79 Å². The molecule has 0 spiro atoms. The van der Waals surface area contributed by atoms with E-state index in [0.29, 0.717) is 12.3 Å². The van der Waals surface area contributed by atoms with E-state index in [-0.39, 0.29) is 28.5 Å². The van der Waals surface area contributed by atoms with Crippen molar-refractivity contribution in [1.82, 2.24) is 0 Å². The minimum absolute atomic E-state index is 0.0453. The largest absolute Gasteiger partial charge is 0.496 e. The van der Waals surface area contributed by atoms with Crippen molar-refractivity contribution in [2.75, 3.05) is 12.8 Å². The Balaban J connectivity index is 2.37. The van der Waals surface area contributed by atoms with E-state index in [9.17, 15) is 13.6 Å². The first-order chi connectivity index (χ1) is 9.01. The summed E-state index contributed by atoms with van der Waals surface area (Å²) in [6.07, 6.45) is 2.31. The monoisotopic (exact) mass is 271 g/mol. The SMILES string of the molecule is COc1cc(N)cc(OC(F)F)c1C(=O)CC1CC1. The Morgan fingerprint density at radius 2 is 2.05 bits per heavy atom. The zero-order valence-corrected chi connectivity index (χ0v) is 10.5. The number of methoxy groups -OCH3 is 1. The minimum atomic E-state index is -3.01. The van der Waals surface area contributed by atoms with Gasteiger partial charge in [-0.05, 0) is 18.8 Å². The molecule has 1 aliphatic carbocycles. The third-order valence-electron chi connectivity index (χ3n) is 2.97. The number of carbonyl (C=O) groups excluding carboxylic acids is 1. The maximum atomic E-state index is 12.4. The van der Waals surface area contributed by atoms with E-state index in [1.165, 1.54) is 19.2 Å². The van der Waals surface area contributed by atoms with E-state index in [1.807, 2.05) is 0 Å². The van der Waals surface area contributed by atoms with Gasteiger partial charge < -0.3 is 15.2 Å². The summed E-state index contributed by atoms with van der Waals surface area (Å²) in [7, 11) is 1.36. The van der Waals surface area contributed by atoms with Crippen LogP contribution in [0.25, 0.3) is 0 Å². The summed E-state index contributed by atoms with van der Waals surface area (Å²) in [4.78, 5) is 12.1. The highest BCUT2D eigenvalue weighted by Crippen LogP contribution is 2.38. The number of halogens is 2. The number of alkyl halides is 2. The summed E-state index contributed by atoms with van der Waals surface area (Å²) in [6, 6.07) is 2.65. The lowest BCUT2D eigenvalue weighted by Gasteiger charge is -2.14. The quantitative estimate of drug-likeness (QED) is 0.638. The Hall–Kier alpha value is -1.85. The molecule has 19 heavy (non-hydrogen) atoms. The van der Waals surface area contributed by atoms with Gasteiger partial charge in [-0.1, -0.05) is 0 Å². The van der Waals surface area contributed by atoms with Crippen LogP contribution < -0.4 is 15.2 Å². The van der Waals surface area contributed by atoms with Crippen molar-refractivity contribution in [2.45, 2.75) is 25.9 Å². The van der Waals surface area contributed by atoms with Crippen LogP contribution in [0.1, 0.15) is 29.6 Å². The highest BCUT2D eigenvalue weighted by molar-refractivity contribution is 6.02. The summed E-state index contributed by atoms with van der Waals surface area (Å²) in [5.74, 6) is 0.0305. The molecule has 0 radical (unpaired) electrons. The Morgan fingerprint density at radius 3 is 2.58 bits per heavy atom. The fourth-order valence-corrected chi connectivity index (χ4v) is 1.92. The average molecular weight is 271 g/mol. The van der Waals surface area contributed by atoms with Crippen LogP contribution in [-0.4, -0.2) is 19.5 Å². The predicted molar refractivity (Wildman–Crippen MR) is 65.7 cm³/mol. The van der Waals surface area contributed by atoms with Gasteiger partial charge in [0.2, 0.25) is 0 Å². The average Bonchev–Trinajstić information content (AvgIpc) is 3.10. The molecule has 0 atom stereocenters. The zero-order chi connectivity index (χ0) is 14.0. The van der Waals surface area contributed by atoms with Gasteiger partial charge in [0.05, 0.1) is 7.11 Å². The normalized spacial score (nSPS) is 14.5. The molecule has 6 heteroatoms. The number of hydrogen-bond acceptors (Lipinski definition) is 4. The third-order valence-corrected chi connectivity index (χ3v) is 2.97. The summed E-state index contributed by atoms with van der Waals surface area (Å²) in [5.41, 5.74) is 5.83. The second kappa shape index (κ2) is 5.42. The van der Waals surface area contributed by atoms with Crippen molar-refractivity contribution >= 4 is 11.5 Å². The first kappa shape index (κ1) is 13.6. The van der Waals surface area contributed by atoms with Gasteiger partial charge in [-0.2, -0.15) is 8.78 Å². The van der Waals surface area contributed by atoms with Crippen molar-refractivity contribution in [3.05, 3.63) is 17.7 Å². The number of nitrogen functional groups attached to an aromatic ring is 1. The number of anilines is 1. The van der Waals surface area contributed by atoms with Crippen molar-refractivity contribution < 1.29 is 23.0 Å². The number of rotatable bonds is 6. The number of benzene rings is 1. The maximum absolute atomic E-state index is 12.4. The fourth-order valence-electron chi connectivity index (χ4n) is 1.92. The first-order valence-corrected chi connectivity index (χ1v) is 5.96. The number of hydrogen-bond donors (Lipinski definition) is 1. The second-order valence-corrected chi connectivity index (χ2v) is 4.55. The topological polar surface area (TPSA) is 61.6 Å². The highest BCUT2D eigenvalue weighted by Gasteiger charge is 2.29. The Bertz CT molecular complexity index is 487. The second-order valence-electron chi connectivity index (χ2n) is 4.55. The molecular formula is C13H15F2NO3. The van der Waals surface area contributed by atoms with Crippen LogP contribution in [-0.2, 0) is 0 Å². The summed E-state index contributed by atoms with van der Waals surface area (Å²) >= 11 is 0.